The molecule has 0 aliphatic carbocycles. The molecule has 0 aromatic heterocycles. The lowest BCUT2D eigenvalue weighted by molar-refractivity contribution is -0.117. The fourth-order valence-corrected chi connectivity index (χ4v) is 2.33. The number of carbonyl (C=O) groups excluding carboxylic acids is 1. The normalized spacial score (nSPS) is 15.5. The van der Waals surface area contributed by atoms with Crippen LogP contribution in [0.15, 0.2) is 18.2 Å². The van der Waals surface area contributed by atoms with Crippen LogP contribution < -0.4 is 10.6 Å². The van der Waals surface area contributed by atoms with E-state index >= 15 is 0 Å². The predicted molar refractivity (Wildman–Crippen MR) is 73.1 cm³/mol. The number of hydrogen-bond acceptors (Lipinski definition) is 4. The van der Waals surface area contributed by atoms with Crippen molar-refractivity contribution in [2.24, 2.45) is 5.73 Å². The minimum Gasteiger partial charge on any atom is -0.380 e. The van der Waals surface area contributed by atoms with E-state index in [1.807, 2.05) is 18.2 Å². The molecule has 0 unspecified atom stereocenters. The van der Waals surface area contributed by atoms with Crippen LogP contribution in [0.4, 0.5) is 5.69 Å². The zero-order chi connectivity index (χ0) is 13.7. The van der Waals surface area contributed by atoms with Crippen LogP contribution in [-0.2, 0) is 27.3 Å². The summed E-state index contributed by atoms with van der Waals surface area (Å²) in [5.74, 6) is -0.317. The molecule has 2 rings (SSSR count). The third-order valence-electron chi connectivity index (χ3n) is 3.17. The quantitative estimate of drug-likeness (QED) is 0.850. The van der Waals surface area contributed by atoms with Crippen LogP contribution in [0.1, 0.15) is 11.1 Å². The predicted octanol–water partition coefficient (Wildman–Crippen LogP) is 0.697. The highest BCUT2D eigenvalue weighted by molar-refractivity contribution is 5.77. The molecule has 1 fully saturated rings. The molecular formula is C14H20N2O3. The van der Waals surface area contributed by atoms with Gasteiger partial charge in [-0.05, 0) is 11.6 Å². The lowest BCUT2D eigenvalue weighted by Gasteiger charge is -2.30. The second kappa shape index (κ2) is 6.54. The Bertz CT molecular complexity index is 442. The standard InChI is InChI=1S/C14H20N2O3/c1-18-10-12-8-11(9-14(15)17)2-3-13(12)16-4-6-19-7-5-16/h2-3,8H,4-7,9-10H2,1H3,(H2,15,17). The molecule has 1 saturated heterocycles. The van der Waals surface area contributed by atoms with Crippen molar-refractivity contribution in [3.05, 3.63) is 29.3 Å². The van der Waals surface area contributed by atoms with Crippen LogP contribution in [0, 0.1) is 0 Å². The molecule has 0 saturated carbocycles. The highest BCUT2D eigenvalue weighted by Crippen LogP contribution is 2.24. The summed E-state index contributed by atoms with van der Waals surface area (Å²) in [5.41, 5.74) is 8.40. The highest BCUT2D eigenvalue weighted by Gasteiger charge is 2.15. The van der Waals surface area contributed by atoms with Crippen LogP contribution in [0.5, 0.6) is 0 Å². The molecule has 104 valence electrons. The van der Waals surface area contributed by atoms with Crippen molar-refractivity contribution < 1.29 is 14.3 Å². The Morgan fingerprint density at radius 1 is 1.42 bits per heavy atom. The summed E-state index contributed by atoms with van der Waals surface area (Å²) < 4.78 is 10.6. The molecule has 0 radical (unpaired) electrons. The zero-order valence-corrected chi connectivity index (χ0v) is 11.2. The molecule has 0 bridgehead atoms. The molecule has 5 heteroatoms. The van der Waals surface area contributed by atoms with E-state index in [0.717, 1.165) is 43.1 Å². The number of morpholine rings is 1. The third kappa shape index (κ3) is 3.68. The van der Waals surface area contributed by atoms with E-state index in [1.165, 1.54) is 0 Å². The smallest absolute Gasteiger partial charge is 0.221 e. The molecule has 1 aliphatic heterocycles. The van der Waals surface area contributed by atoms with Crippen molar-refractivity contribution in [3.63, 3.8) is 0 Å². The molecule has 0 atom stereocenters. The Labute approximate surface area is 113 Å². The topological polar surface area (TPSA) is 64.8 Å². The van der Waals surface area contributed by atoms with Gasteiger partial charge in [-0.1, -0.05) is 12.1 Å². The first-order valence-corrected chi connectivity index (χ1v) is 6.42. The summed E-state index contributed by atoms with van der Waals surface area (Å²) >= 11 is 0. The van der Waals surface area contributed by atoms with Crippen molar-refractivity contribution in [2.75, 3.05) is 38.3 Å². The van der Waals surface area contributed by atoms with Gasteiger partial charge in [0.2, 0.25) is 5.91 Å². The van der Waals surface area contributed by atoms with E-state index in [1.54, 1.807) is 7.11 Å². The number of hydrogen-bond donors (Lipinski definition) is 1. The number of benzene rings is 1. The van der Waals surface area contributed by atoms with Crippen molar-refractivity contribution in [1.29, 1.82) is 0 Å². The first-order valence-electron chi connectivity index (χ1n) is 6.42. The molecule has 0 spiro atoms. The monoisotopic (exact) mass is 264 g/mol. The van der Waals surface area contributed by atoms with Gasteiger partial charge in [-0.15, -0.1) is 0 Å². The van der Waals surface area contributed by atoms with Gasteiger partial charge < -0.3 is 20.1 Å². The van der Waals surface area contributed by atoms with Gasteiger partial charge in [0.1, 0.15) is 0 Å². The van der Waals surface area contributed by atoms with E-state index < -0.39 is 0 Å². The van der Waals surface area contributed by atoms with Gasteiger partial charge in [0.15, 0.2) is 0 Å². The number of amides is 1. The molecule has 1 aromatic carbocycles. The average Bonchev–Trinajstić information content (AvgIpc) is 2.40. The maximum atomic E-state index is 11.0. The number of methoxy groups -OCH3 is 1. The average molecular weight is 264 g/mol. The van der Waals surface area contributed by atoms with Crippen molar-refractivity contribution in [2.45, 2.75) is 13.0 Å². The zero-order valence-electron chi connectivity index (χ0n) is 11.2. The second-order valence-corrected chi connectivity index (χ2v) is 4.64. The molecule has 5 nitrogen and oxygen atoms in total. The Morgan fingerprint density at radius 2 is 2.16 bits per heavy atom. The lowest BCUT2D eigenvalue weighted by Crippen LogP contribution is -2.36. The molecule has 1 amide bonds. The number of nitrogens with zero attached hydrogens (tertiary/aromatic N) is 1. The van der Waals surface area contributed by atoms with E-state index in [2.05, 4.69) is 4.90 Å². The molecule has 1 aromatic rings. The molecule has 1 aliphatic rings. The minimum atomic E-state index is -0.317. The Kier molecular flexibility index (Phi) is 4.76. The van der Waals surface area contributed by atoms with Gasteiger partial charge in [0.05, 0.1) is 26.2 Å². The lowest BCUT2D eigenvalue weighted by atomic mass is 10.0. The van der Waals surface area contributed by atoms with Gasteiger partial charge in [-0.3, -0.25) is 4.79 Å². The number of nitrogens with two attached hydrogens (primary N) is 1. The van der Waals surface area contributed by atoms with Crippen LogP contribution >= 0.6 is 0 Å². The third-order valence-corrected chi connectivity index (χ3v) is 3.17. The molecule has 19 heavy (non-hydrogen) atoms. The second-order valence-electron chi connectivity index (χ2n) is 4.64. The van der Waals surface area contributed by atoms with Crippen LogP contribution in [0.3, 0.4) is 0 Å². The van der Waals surface area contributed by atoms with Crippen LogP contribution in [-0.4, -0.2) is 39.3 Å². The molecular weight excluding hydrogens is 244 g/mol. The summed E-state index contributed by atoms with van der Waals surface area (Å²) in [6.45, 7) is 3.78. The van der Waals surface area contributed by atoms with Gasteiger partial charge in [0.25, 0.3) is 0 Å². The van der Waals surface area contributed by atoms with Gasteiger partial charge in [-0.25, -0.2) is 0 Å². The first-order chi connectivity index (χ1) is 9.20. The van der Waals surface area contributed by atoms with E-state index in [9.17, 15) is 4.79 Å². The van der Waals surface area contributed by atoms with Gasteiger partial charge >= 0.3 is 0 Å². The number of rotatable bonds is 5. The fraction of sp³-hybridized carbons (Fsp3) is 0.500. The maximum Gasteiger partial charge on any atom is 0.221 e. The Morgan fingerprint density at radius 3 is 2.79 bits per heavy atom. The summed E-state index contributed by atoms with van der Waals surface area (Å²) in [4.78, 5) is 13.3. The largest absolute Gasteiger partial charge is 0.380 e. The summed E-state index contributed by atoms with van der Waals surface area (Å²) in [6, 6.07) is 5.99. The first kappa shape index (κ1) is 13.8. The van der Waals surface area contributed by atoms with Crippen molar-refractivity contribution >= 4 is 11.6 Å². The summed E-state index contributed by atoms with van der Waals surface area (Å²) in [5, 5.41) is 0. The van der Waals surface area contributed by atoms with Crippen molar-refractivity contribution in [3.8, 4) is 0 Å². The molecule has 1 heterocycles. The minimum absolute atomic E-state index is 0.264. The SMILES string of the molecule is COCc1cc(CC(N)=O)ccc1N1CCOCC1. The van der Waals surface area contributed by atoms with E-state index in [4.69, 9.17) is 15.2 Å². The van der Waals surface area contributed by atoms with Gasteiger partial charge in [0, 0.05) is 31.5 Å². The van der Waals surface area contributed by atoms with Crippen LogP contribution in [0.2, 0.25) is 0 Å². The van der Waals surface area contributed by atoms with E-state index in [0.29, 0.717) is 6.61 Å². The maximum absolute atomic E-state index is 11.0. The Hall–Kier alpha value is -1.59. The number of anilines is 1. The van der Waals surface area contributed by atoms with E-state index in [-0.39, 0.29) is 12.3 Å². The number of primary amides is 1. The fourth-order valence-electron chi connectivity index (χ4n) is 2.33. The number of ether oxygens (including phenoxy) is 2. The van der Waals surface area contributed by atoms with Crippen LogP contribution in [0.25, 0.3) is 0 Å². The summed E-state index contributed by atoms with van der Waals surface area (Å²) in [7, 11) is 1.67. The van der Waals surface area contributed by atoms with Gasteiger partial charge in [-0.2, -0.15) is 0 Å². The summed E-state index contributed by atoms with van der Waals surface area (Å²) in [6.07, 6.45) is 0.264. The highest BCUT2D eigenvalue weighted by atomic mass is 16.5. The molecule has 2 N–H and O–H groups in total. The van der Waals surface area contributed by atoms with Crippen molar-refractivity contribution in [1.82, 2.24) is 0 Å². The number of carbonyl (C=O) groups is 1. The Balaban J connectivity index is 2.23.